The zero-order valence-electron chi connectivity index (χ0n) is 13.1. The number of hydrogen-bond donors (Lipinski definition) is 2. The molecule has 146 valence electrons. The Morgan fingerprint density at radius 2 is 1.67 bits per heavy atom. The van der Waals surface area contributed by atoms with Crippen molar-refractivity contribution in [2.24, 2.45) is 0 Å². The van der Waals surface area contributed by atoms with Crippen LogP contribution in [0.3, 0.4) is 0 Å². The summed E-state index contributed by atoms with van der Waals surface area (Å²) in [6.45, 7) is -1.57. The van der Waals surface area contributed by atoms with Crippen molar-refractivity contribution < 1.29 is 40.6 Å². The summed E-state index contributed by atoms with van der Waals surface area (Å²) >= 11 is 0. The molecule has 0 aliphatic heterocycles. The summed E-state index contributed by atoms with van der Waals surface area (Å²) in [6.07, 6.45) is -8.33. The predicted molar refractivity (Wildman–Crippen MR) is 79.3 cm³/mol. The predicted octanol–water partition coefficient (Wildman–Crippen LogP) is 3.96. The molecule has 0 radical (unpaired) electrons. The van der Waals surface area contributed by atoms with E-state index in [2.05, 4.69) is 30.1 Å². The SMILES string of the molecule is O=C(Nc1ccc(OC(F)(F)F)cc1)Nc1nccc(OCC(F)(F)F)n1. The molecular weight excluding hydrogens is 386 g/mol. The number of alkyl halides is 6. The molecule has 2 rings (SSSR count). The van der Waals surface area contributed by atoms with E-state index in [0.717, 1.165) is 36.5 Å². The number of rotatable bonds is 5. The molecule has 0 aliphatic rings. The number of amides is 2. The van der Waals surface area contributed by atoms with Gasteiger partial charge in [0.2, 0.25) is 11.8 Å². The van der Waals surface area contributed by atoms with Gasteiger partial charge in [0, 0.05) is 18.0 Å². The van der Waals surface area contributed by atoms with Crippen molar-refractivity contribution in [1.82, 2.24) is 9.97 Å². The number of benzene rings is 1. The lowest BCUT2D eigenvalue weighted by Crippen LogP contribution is -2.22. The van der Waals surface area contributed by atoms with E-state index in [1.54, 1.807) is 0 Å². The molecule has 13 heteroatoms. The van der Waals surface area contributed by atoms with Crippen molar-refractivity contribution in [3.05, 3.63) is 36.5 Å². The van der Waals surface area contributed by atoms with Gasteiger partial charge in [0.05, 0.1) is 0 Å². The minimum Gasteiger partial charge on any atom is -0.468 e. The lowest BCUT2D eigenvalue weighted by molar-refractivity contribution is -0.274. The monoisotopic (exact) mass is 396 g/mol. The maximum atomic E-state index is 12.1. The molecule has 1 aromatic carbocycles. The average molecular weight is 396 g/mol. The van der Waals surface area contributed by atoms with Crippen LogP contribution in [-0.4, -0.2) is 35.1 Å². The molecule has 0 spiro atoms. The maximum absolute atomic E-state index is 12.1. The van der Waals surface area contributed by atoms with Crippen LogP contribution >= 0.6 is 0 Å². The highest BCUT2D eigenvalue weighted by Gasteiger charge is 2.31. The molecule has 2 aromatic rings. The van der Waals surface area contributed by atoms with Crippen molar-refractivity contribution in [2.45, 2.75) is 12.5 Å². The number of aromatic nitrogens is 2. The highest BCUT2D eigenvalue weighted by molar-refractivity contribution is 5.98. The van der Waals surface area contributed by atoms with Crippen LogP contribution in [0.25, 0.3) is 0 Å². The Morgan fingerprint density at radius 3 is 2.26 bits per heavy atom. The van der Waals surface area contributed by atoms with Crippen molar-refractivity contribution >= 4 is 17.7 Å². The van der Waals surface area contributed by atoms with Crippen LogP contribution in [0.4, 0.5) is 42.8 Å². The topological polar surface area (TPSA) is 85.4 Å². The standard InChI is InChI=1S/C14H10F6N4O3/c15-13(16,17)7-26-10-5-6-21-11(23-10)24-12(25)22-8-1-3-9(4-2-8)27-14(18,19)20/h1-6H,7H2,(H2,21,22,23,24,25). The minimum absolute atomic E-state index is 0.117. The van der Waals surface area contributed by atoms with Gasteiger partial charge in [0.1, 0.15) is 5.75 Å². The molecule has 0 unspecified atom stereocenters. The molecule has 2 N–H and O–H groups in total. The first kappa shape index (κ1) is 20.1. The first-order valence-electron chi connectivity index (χ1n) is 6.97. The molecule has 0 fully saturated rings. The van der Waals surface area contributed by atoms with Crippen molar-refractivity contribution in [1.29, 1.82) is 0 Å². The number of hydrogen-bond acceptors (Lipinski definition) is 5. The number of nitrogens with one attached hydrogen (secondary N) is 2. The van der Waals surface area contributed by atoms with E-state index in [1.807, 2.05) is 0 Å². The first-order chi connectivity index (χ1) is 12.5. The maximum Gasteiger partial charge on any atom is 0.573 e. The number of urea groups is 1. The van der Waals surface area contributed by atoms with Gasteiger partial charge in [-0.3, -0.25) is 5.32 Å². The number of carbonyl (C=O) groups is 1. The first-order valence-corrected chi connectivity index (χ1v) is 6.97. The second kappa shape index (κ2) is 7.97. The van der Waals surface area contributed by atoms with Crippen LogP contribution < -0.4 is 20.1 Å². The van der Waals surface area contributed by atoms with Gasteiger partial charge >= 0.3 is 18.6 Å². The molecule has 0 aliphatic carbocycles. The van der Waals surface area contributed by atoms with E-state index >= 15 is 0 Å². The molecule has 2 amide bonds. The third-order valence-corrected chi connectivity index (χ3v) is 2.58. The fourth-order valence-electron chi connectivity index (χ4n) is 1.64. The third-order valence-electron chi connectivity index (χ3n) is 2.58. The lowest BCUT2D eigenvalue weighted by Gasteiger charge is -2.11. The third kappa shape index (κ3) is 7.66. The highest BCUT2D eigenvalue weighted by Crippen LogP contribution is 2.24. The zero-order valence-corrected chi connectivity index (χ0v) is 13.1. The van der Waals surface area contributed by atoms with Crippen LogP contribution in [0.5, 0.6) is 11.6 Å². The Balaban J connectivity index is 1.92. The molecule has 0 saturated carbocycles. The number of nitrogens with zero attached hydrogens (tertiary/aromatic N) is 2. The Labute approximate surface area is 147 Å². The van der Waals surface area contributed by atoms with E-state index in [9.17, 15) is 31.1 Å². The van der Waals surface area contributed by atoms with Crippen LogP contribution in [0, 0.1) is 0 Å². The van der Waals surface area contributed by atoms with Gasteiger partial charge in [-0.15, -0.1) is 13.2 Å². The summed E-state index contributed by atoms with van der Waals surface area (Å²) in [6, 6.07) is 4.42. The van der Waals surface area contributed by atoms with Gasteiger partial charge in [-0.25, -0.2) is 9.78 Å². The number of anilines is 2. The van der Waals surface area contributed by atoms with Crippen molar-refractivity contribution in [2.75, 3.05) is 17.2 Å². The minimum atomic E-state index is -4.84. The van der Waals surface area contributed by atoms with E-state index in [-0.39, 0.29) is 11.6 Å². The summed E-state index contributed by atoms with van der Waals surface area (Å²) in [5.74, 6) is -1.23. The van der Waals surface area contributed by atoms with Crippen molar-refractivity contribution in [3.8, 4) is 11.6 Å². The van der Waals surface area contributed by atoms with E-state index in [1.165, 1.54) is 0 Å². The van der Waals surface area contributed by atoms with E-state index in [4.69, 9.17) is 0 Å². The second-order valence-corrected chi connectivity index (χ2v) is 4.77. The van der Waals surface area contributed by atoms with Crippen LogP contribution in [-0.2, 0) is 0 Å². The number of carbonyl (C=O) groups excluding carboxylic acids is 1. The van der Waals surface area contributed by atoms with Crippen LogP contribution in [0.1, 0.15) is 0 Å². The molecule has 7 nitrogen and oxygen atoms in total. The highest BCUT2D eigenvalue weighted by atomic mass is 19.4. The molecule has 1 aromatic heterocycles. The van der Waals surface area contributed by atoms with Crippen LogP contribution in [0.2, 0.25) is 0 Å². The quantitative estimate of drug-likeness (QED) is 0.748. The molecule has 0 bridgehead atoms. The van der Waals surface area contributed by atoms with Gasteiger partial charge in [-0.2, -0.15) is 18.2 Å². The largest absolute Gasteiger partial charge is 0.573 e. The van der Waals surface area contributed by atoms with Gasteiger partial charge < -0.3 is 14.8 Å². The molecule has 27 heavy (non-hydrogen) atoms. The van der Waals surface area contributed by atoms with Gasteiger partial charge in [-0.1, -0.05) is 0 Å². The van der Waals surface area contributed by atoms with Crippen molar-refractivity contribution in [3.63, 3.8) is 0 Å². The fraction of sp³-hybridized carbons (Fsp3) is 0.214. The molecular formula is C14H10F6N4O3. The summed E-state index contributed by atoms with van der Waals surface area (Å²) < 4.78 is 80.5. The number of halogens is 6. The Bertz CT molecular complexity index is 780. The Hall–Kier alpha value is -3.25. The summed E-state index contributed by atoms with van der Waals surface area (Å²) in [5, 5.41) is 4.40. The van der Waals surface area contributed by atoms with E-state index < -0.39 is 36.8 Å². The van der Waals surface area contributed by atoms with E-state index in [0.29, 0.717) is 0 Å². The lowest BCUT2D eigenvalue weighted by atomic mass is 10.3. The second-order valence-electron chi connectivity index (χ2n) is 4.77. The number of ether oxygens (including phenoxy) is 2. The van der Waals surface area contributed by atoms with Crippen LogP contribution in [0.15, 0.2) is 36.5 Å². The summed E-state index contributed by atoms with van der Waals surface area (Å²) in [7, 11) is 0. The smallest absolute Gasteiger partial charge is 0.468 e. The fourth-order valence-corrected chi connectivity index (χ4v) is 1.64. The normalized spacial score (nSPS) is 11.6. The molecule has 0 saturated heterocycles. The van der Waals surface area contributed by atoms with Gasteiger partial charge in [0.15, 0.2) is 6.61 Å². The zero-order chi connectivity index (χ0) is 20.1. The summed E-state index contributed by atoms with van der Waals surface area (Å²) in [5.41, 5.74) is 0.117. The molecule has 0 atom stereocenters. The Kier molecular flexibility index (Phi) is 5.92. The van der Waals surface area contributed by atoms with Gasteiger partial charge in [-0.05, 0) is 24.3 Å². The molecule has 1 heterocycles. The average Bonchev–Trinajstić information content (AvgIpc) is 2.53. The Morgan fingerprint density at radius 1 is 1.00 bits per heavy atom. The van der Waals surface area contributed by atoms with Gasteiger partial charge in [0.25, 0.3) is 0 Å². The summed E-state index contributed by atoms with van der Waals surface area (Å²) in [4.78, 5) is 19.0.